The molecule has 0 saturated heterocycles. The summed E-state index contributed by atoms with van der Waals surface area (Å²) in [6.45, 7) is 3.70. The van der Waals surface area contributed by atoms with Gasteiger partial charge in [0.1, 0.15) is 6.33 Å². The third kappa shape index (κ3) is 0.990. The van der Waals surface area contributed by atoms with Crippen LogP contribution in [0.4, 0.5) is 0 Å². The summed E-state index contributed by atoms with van der Waals surface area (Å²) in [7, 11) is 0. The molecular formula is C7H8N4O. The zero-order valence-electron chi connectivity index (χ0n) is 6.85. The van der Waals surface area contributed by atoms with E-state index >= 15 is 0 Å². The van der Waals surface area contributed by atoms with Crippen molar-refractivity contribution in [2.75, 3.05) is 0 Å². The average Bonchev–Trinajstić information content (AvgIpc) is 2.58. The molecule has 0 N–H and O–H groups in total. The molecule has 62 valence electrons. The number of rotatable bonds is 1. The monoisotopic (exact) mass is 164 g/mol. The number of hydrogen-bond acceptors (Lipinski definition) is 4. The molecule has 0 bridgehead atoms. The Hall–Kier alpha value is -1.65. The maximum atomic E-state index is 4.95. The molecule has 12 heavy (non-hydrogen) atoms. The van der Waals surface area contributed by atoms with E-state index in [1.165, 1.54) is 0 Å². The van der Waals surface area contributed by atoms with Crippen molar-refractivity contribution in [2.24, 2.45) is 0 Å². The van der Waals surface area contributed by atoms with Gasteiger partial charge in [0.05, 0.1) is 0 Å². The van der Waals surface area contributed by atoms with Crippen LogP contribution < -0.4 is 0 Å². The topological polar surface area (TPSA) is 56.7 Å². The van der Waals surface area contributed by atoms with Gasteiger partial charge < -0.3 is 4.52 Å². The Balaban J connectivity index is 2.50. The molecule has 2 rings (SSSR count). The summed E-state index contributed by atoms with van der Waals surface area (Å²) < 4.78 is 6.69. The van der Waals surface area contributed by atoms with Crippen LogP contribution in [0.25, 0.3) is 6.01 Å². The number of hydrogen-bond donors (Lipinski definition) is 0. The molecule has 5 nitrogen and oxygen atoms in total. The molecule has 0 aliphatic rings. The molecule has 0 spiro atoms. The van der Waals surface area contributed by atoms with Crippen LogP contribution in [0.5, 0.6) is 0 Å². The van der Waals surface area contributed by atoms with E-state index in [0.717, 1.165) is 5.69 Å². The van der Waals surface area contributed by atoms with Crippen LogP contribution in [0.2, 0.25) is 0 Å². The molecule has 0 saturated carbocycles. The Kier molecular flexibility index (Phi) is 1.43. The Bertz CT molecular complexity index is 390. The van der Waals surface area contributed by atoms with E-state index < -0.39 is 0 Å². The minimum atomic E-state index is 0.461. The molecule has 2 aromatic rings. The smallest absolute Gasteiger partial charge is 0.314 e. The molecule has 0 amide bonds. The second-order valence-corrected chi connectivity index (χ2v) is 2.53. The molecule has 0 aromatic carbocycles. The summed E-state index contributed by atoms with van der Waals surface area (Å²) >= 11 is 0. The van der Waals surface area contributed by atoms with Crippen LogP contribution in [0.1, 0.15) is 11.5 Å². The molecule has 0 radical (unpaired) electrons. The van der Waals surface area contributed by atoms with Gasteiger partial charge in [-0.25, -0.2) is 4.98 Å². The van der Waals surface area contributed by atoms with Crippen LogP contribution in [0.3, 0.4) is 0 Å². The Labute approximate surface area is 69.0 Å². The summed E-state index contributed by atoms with van der Waals surface area (Å²) in [5.41, 5.74) is 0.971. The van der Waals surface area contributed by atoms with E-state index in [1.807, 2.05) is 6.92 Å². The van der Waals surface area contributed by atoms with Crippen molar-refractivity contribution in [1.29, 1.82) is 0 Å². The van der Waals surface area contributed by atoms with Gasteiger partial charge in [-0.2, -0.15) is 4.98 Å². The lowest BCUT2D eigenvalue weighted by atomic mass is 10.5. The highest BCUT2D eigenvalue weighted by Crippen LogP contribution is 2.06. The fraction of sp³-hybridized carbons (Fsp3) is 0.286. The standard InChI is InChI=1S/C7H8N4O/c1-5-3-8-4-11(5)7-9-6(2)10-12-7/h3-4H,1-2H3. The maximum absolute atomic E-state index is 4.95. The normalized spacial score (nSPS) is 10.5. The van der Waals surface area contributed by atoms with Gasteiger partial charge in [0.15, 0.2) is 5.82 Å². The quantitative estimate of drug-likeness (QED) is 0.627. The predicted molar refractivity (Wildman–Crippen MR) is 40.9 cm³/mol. The fourth-order valence-corrected chi connectivity index (χ4v) is 0.945. The van der Waals surface area contributed by atoms with Gasteiger partial charge in [0.2, 0.25) is 0 Å². The zero-order valence-corrected chi connectivity index (χ0v) is 6.85. The van der Waals surface area contributed by atoms with E-state index in [-0.39, 0.29) is 0 Å². The highest BCUT2D eigenvalue weighted by atomic mass is 16.5. The van der Waals surface area contributed by atoms with Crippen molar-refractivity contribution in [2.45, 2.75) is 13.8 Å². The first kappa shape index (κ1) is 7.02. The second kappa shape index (κ2) is 2.44. The summed E-state index contributed by atoms with van der Waals surface area (Å²) in [6.07, 6.45) is 3.38. The highest BCUT2D eigenvalue weighted by Gasteiger charge is 2.06. The van der Waals surface area contributed by atoms with E-state index in [4.69, 9.17) is 4.52 Å². The Morgan fingerprint density at radius 2 is 2.25 bits per heavy atom. The van der Waals surface area contributed by atoms with Gasteiger partial charge in [0.25, 0.3) is 0 Å². The van der Waals surface area contributed by atoms with Crippen molar-refractivity contribution < 1.29 is 4.52 Å². The third-order valence-electron chi connectivity index (χ3n) is 1.55. The Morgan fingerprint density at radius 1 is 1.42 bits per heavy atom. The first-order valence-electron chi connectivity index (χ1n) is 3.57. The molecule has 5 heteroatoms. The lowest BCUT2D eigenvalue weighted by Gasteiger charge is -1.93. The fourth-order valence-electron chi connectivity index (χ4n) is 0.945. The molecule has 2 heterocycles. The van der Waals surface area contributed by atoms with Gasteiger partial charge in [0, 0.05) is 11.9 Å². The minimum absolute atomic E-state index is 0.461. The van der Waals surface area contributed by atoms with Crippen molar-refractivity contribution in [3.05, 3.63) is 24.0 Å². The molecule has 0 atom stereocenters. The highest BCUT2D eigenvalue weighted by molar-refractivity contribution is 5.11. The number of nitrogens with zero attached hydrogens (tertiary/aromatic N) is 4. The van der Waals surface area contributed by atoms with Crippen LogP contribution in [0, 0.1) is 13.8 Å². The minimum Gasteiger partial charge on any atom is -0.314 e. The SMILES string of the molecule is Cc1noc(-n2cncc2C)n1. The van der Waals surface area contributed by atoms with E-state index in [9.17, 15) is 0 Å². The van der Waals surface area contributed by atoms with Crippen molar-refractivity contribution in [1.82, 2.24) is 19.7 Å². The van der Waals surface area contributed by atoms with Crippen LogP contribution >= 0.6 is 0 Å². The van der Waals surface area contributed by atoms with Crippen LogP contribution in [0.15, 0.2) is 17.0 Å². The van der Waals surface area contributed by atoms with Gasteiger partial charge >= 0.3 is 6.01 Å². The van der Waals surface area contributed by atoms with Gasteiger partial charge in [-0.3, -0.25) is 4.57 Å². The van der Waals surface area contributed by atoms with E-state index in [0.29, 0.717) is 11.8 Å². The molecule has 2 aromatic heterocycles. The second-order valence-electron chi connectivity index (χ2n) is 2.53. The first-order chi connectivity index (χ1) is 5.77. The van der Waals surface area contributed by atoms with Gasteiger partial charge in [-0.05, 0) is 13.8 Å². The van der Waals surface area contributed by atoms with E-state index in [2.05, 4.69) is 15.1 Å². The molecule has 0 aliphatic heterocycles. The lowest BCUT2D eigenvalue weighted by molar-refractivity contribution is 0.397. The number of aryl methyl sites for hydroxylation is 2. The largest absolute Gasteiger partial charge is 0.333 e. The van der Waals surface area contributed by atoms with Crippen molar-refractivity contribution >= 4 is 0 Å². The Morgan fingerprint density at radius 3 is 2.75 bits per heavy atom. The van der Waals surface area contributed by atoms with Crippen molar-refractivity contribution in [3.8, 4) is 6.01 Å². The van der Waals surface area contributed by atoms with Crippen molar-refractivity contribution in [3.63, 3.8) is 0 Å². The van der Waals surface area contributed by atoms with E-state index in [1.54, 1.807) is 24.0 Å². The summed E-state index contributed by atoms with van der Waals surface area (Å²) in [4.78, 5) is 8.00. The van der Waals surface area contributed by atoms with Gasteiger partial charge in [-0.15, -0.1) is 0 Å². The van der Waals surface area contributed by atoms with Gasteiger partial charge in [-0.1, -0.05) is 5.16 Å². The predicted octanol–water partition coefficient (Wildman–Crippen LogP) is 0.872. The van der Waals surface area contributed by atoms with Crippen LogP contribution in [-0.2, 0) is 0 Å². The summed E-state index contributed by atoms with van der Waals surface area (Å²) in [5, 5.41) is 3.68. The third-order valence-corrected chi connectivity index (χ3v) is 1.55. The molecule has 0 fully saturated rings. The number of imidazole rings is 1. The van der Waals surface area contributed by atoms with Crippen LogP contribution in [-0.4, -0.2) is 19.7 Å². The summed E-state index contributed by atoms with van der Waals surface area (Å²) in [5.74, 6) is 0.623. The molecule has 0 unspecified atom stereocenters. The molecular weight excluding hydrogens is 156 g/mol. The maximum Gasteiger partial charge on any atom is 0.333 e. The lowest BCUT2D eigenvalue weighted by Crippen LogP contribution is -1.94. The molecule has 0 aliphatic carbocycles. The zero-order chi connectivity index (χ0) is 8.55. The number of aromatic nitrogens is 4. The average molecular weight is 164 g/mol. The summed E-state index contributed by atoms with van der Waals surface area (Å²) in [6, 6.07) is 0.461. The first-order valence-corrected chi connectivity index (χ1v) is 3.57.